The molecule has 0 fully saturated rings. The summed E-state index contributed by atoms with van der Waals surface area (Å²) < 4.78 is 0. The number of aryl methyl sites for hydroxylation is 2. The number of aromatic hydroxyl groups is 1. The topological polar surface area (TPSA) is 49.3 Å². The molecule has 2 N–H and O–H groups in total. The summed E-state index contributed by atoms with van der Waals surface area (Å²) in [6.07, 6.45) is 0. The number of carbonyl (C=O) groups excluding carboxylic acids is 1. The molecule has 0 atom stereocenters. The molecule has 0 aliphatic heterocycles. The number of benzene rings is 2. The Kier molecular flexibility index (Phi) is 5.28. The number of hydrogen-bond donors (Lipinski definition) is 2. The van der Waals surface area contributed by atoms with Gasteiger partial charge in [-0.2, -0.15) is 0 Å². The van der Waals surface area contributed by atoms with Crippen LogP contribution in [0.2, 0.25) is 0 Å². The smallest absolute Gasteiger partial charge is 0.234 e. The summed E-state index contributed by atoms with van der Waals surface area (Å²) in [5.41, 5.74) is 3.86. The van der Waals surface area contributed by atoms with Crippen molar-refractivity contribution >= 4 is 23.4 Å². The van der Waals surface area contributed by atoms with Crippen molar-refractivity contribution in [1.82, 2.24) is 0 Å². The third-order valence-corrected chi connectivity index (χ3v) is 4.02. The number of rotatable bonds is 5. The van der Waals surface area contributed by atoms with Gasteiger partial charge in [0.1, 0.15) is 5.75 Å². The molecule has 0 radical (unpaired) electrons. The third kappa shape index (κ3) is 4.83. The van der Waals surface area contributed by atoms with Gasteiger partial charge in [-0.25, -0.2) is 0 Å². The van der Waals surface area contributed by atoms with Gasteiger partial charge in [0, 0.05) is 5.75 Å². The molecule has 3 nitrogen and oxygen atoms in total. The standard InChI is InChI=1S/C17H19NO2S/c1-12-4-3-5-14(8-12)10-21-11-17(20)18-15-7-6-13(2)9-16(15)19/h3-9,19H,10-11H2,1-2H3,(H,18,20). The van der Waals surface area contributed by atoms with E-state index in [1.165, 1.54) is 11.1 Å². The molecular formula is C17H19NO2S. The molecule has 0 saturated heterocycles. The van der Waals surface area contributed by atoms with E-state index in [1.807, 2.05) is 19.1 Å². The summed E-state index contributed by atoms with van der Waals surface area (Å²) in [5, 5.41) is 12.5. The average molecular weight is 301 g/mol. The van der Waals surface area contributed by atoms with Crippen molar-refractivity contribution in [3.63, 3.8) is 0 Å². The fourth-order valence-electron chi connectivity index (χ4n) is 2.00. The molecule has 4 heteroatoms. The number of phenolic OH excluding ortho intramolecular Hbond substituents is 1. The van der Waals surface area contributed by atoms with Crippen LogP contribution in [-0.2, 0) is 10.5 Å². The third-order valence-electron chi connectivity index (χ3n) is 3.01. The van der Waals surface area contributed by atoms with Gasteiger partial charge in [0.2, 0.25) is 5.91 Å². The molecule has 110 valence electrons. The quantitative estimate of drug-likeness (QED) is 0.824. The second-order valence-electron chi connectivity index (χ2n) is 5.05. The Hall–Kier alpha value is -1.94. The number of carbonyl (C=O) groups is 1. The lowest BCUT2D eigenvalue weighted by Crippen LogP contribution is -2.14. The molecule has 0 saturated carbocycles. The van der Waals surface area contributed by atoms with E-state index in [1.54, 1.807) is 23.9 Å². The van der Waals surface area contributed by atoms with Crippen LogP contribution in [0.3, 0.4) is 0 Å². The number of amides is 1. The molecule has 2 aromatic carbocycles. The molecular weight excluding hydrogens is 282 g/mol. The average Bonchev–Trinajstić information content (AvgIpc) is 2.42. The predicted molar refractivity (Wildman–Crippen MR) is 88.8 cm³/mol. The van der Waals surface area contributed by atoms with Gasteiger partial charge in [-0.05, 0) is 37.1 Å². The van der Waals surface area contributed by atoms with Gasteiger partial charge >= 0.3 is 0 Å². The van der Waals surface area contributed by atoms with Gasteiger partial charge in [-0.15, -0.1) is 11.8 Å². The molecule has 2 rings (SSSR count). The van der Waals surface area contributed by atoms with Crippen LogP contribution in [0.25, 0.3) is 0 Å². The highest BCUT2D eigenvalue weighted by atomic mass is 32.2. The summed E-state index contributed by atoms with van der Waals surface area (Å²) in [5.74, 6) is 1.16. The van der Waals surface area contributed by atoms with Crippen molar-refractivity contribution in [1.29, 1.82) is 0 Å². The summed E-state index contributed by atoms with van der Waals surface area (Å²) in [6.45, 7) is 3.95. The summed E-state index contributed by atoms with van der Waals surface area (Å²) in [7, 11) is 0. The predicted octanol–water partition coefficient (Wildman–Crippen LogP) is 3.88. The second kappa shape index (κ2) is 7.18. The van der Waals surface area contributed by atoms with Gasteiger partial charge in [-0.1, -0.05) is 35.9 Å². The van der Waals surface area contributed by atoms with Crippen molar-refractivity contribution < 1.29 is 9.90 Å². The van der Waals surface area contributed by atoms with Crippen molar-refractivity contribution in [2.75, 3.05) is 11.1 Å². The molecule has 0 unspecified atom stereocenters. The van der Waals surface area contributed by atoms with Crippen LogP contribution in [0.1, 0.15) is 16.7 Å². The van der Waals surface area contributed by atoms with Crippen molar-refractivity contribution in [2.45, 2.75) is 19.6 Å². The van der Waals surface area contributed by atoms with E-state index in [4.69, 9.17) is 0 Å². The van der Waals surface area contributed by atoms with E-state index in [-0.39, 0.29) is 11.7 Å². The number of thioether (sulfide) groups is 1. The molecule has 0 aliphatic carbocycles. The minimum atomic E-state index is -0.105. The van der Waals surface area contributed by atoms with Crippen LogP contribution < -0.4 is 5.32 Å². The highest BCUT2D eigenvalue weighted by Gasteiger charge is 2.06. The molecule has 0 heterocycles. The number of hydrogen-bond acceptors (Lipinski definition) is 3. The summed E-state index contributed by atoms with van der Waals surface area (Å²) in [6, 6.07) is 13.5. The van der Waals surface area contributed by atoms with Gasteiger partial charge in [0.05, 0.1) is 11.4 Å². The van der Waals surface area contributed by atoms with E-state index >= 15 is 0 Å². The van der Waals surface area contributed by atoms with Gasteiger partial charge < -0.3 is 10.4 Å². The lowest BCUT2D eigenvalue weighted by molar-refractivity contribution is -0.113. The molecule has 0 aliphatic rings. The second-order valence-corrected chi connectivity index (χ2v) is 6.04. The zero-order chi connectivity index (χ0) is 15.2. The fourth-order valence-corrected chi connectivity index (χ4v) is 2.77. The first-order valence-corrected chi connectivity index (χ1v) is 7.93. The largest absolute Gasteiger partial charge is 0.506 e. The lowest BCUT2D eigenvalue weighted by atomic mass is 10.2. The first-order chi connectivity index (χ1) is 10.0. The Bertz CT molecular complexity index is 640. The Morgan fingerprint density at radius 3 is 2.62 bits per heavy atom. The highest BCUT2D eigenvalue weighted by Crippen LogP contribution is 2.24. The highest BCUT2D eigenvalue weighted by molar-refractivity contribution is 7.99. The van der Waals surface area contributed by atoms with E-state index in [9.17, 15) is 9.90 Å². The van der Waals surface area contributed by atoms with Gasteiger partial charge in [0.25, 0.3) is 0 Å². The van der Waals surface area contributed by atoms with Crippen LogP contribution in [-0.4, -0.2) is 16.8 Å². The fraction of sp³-hybridized carbons (Fsp3) is 0.235. The first-order valence-electron chi connectivity index (χ1n) is 6.77. The molecule has 0 aromatic heterocycles. The zero-order valence-corrected chi connectivity index (χ0v) is 13.0. The van der Waals surface area contributed by atoms with Crippen LogP contribution in [0, 0.1) is 13.8 Å². The van der Waals surface area contributed by atoms with Crippen molar-refractivity contribution in [2.24, 2.45) is 0 Å². The molecule has 1 amide bonds. The minimum absolute atomic E-state index is 0.104. The van der Waals surface area contributed by atoms with Crippen molar-refractivity contribution in [3.8, 4) is 5.75 Å². The Morgan fingerprint density at radius 2 is 1.90 bits per heavy atom. The van der Waals surface area contributed by atoms with E-state index in [2.05, 4.69) is 30.4 Å². The SMILES string of the molecule is Cc1cccc(CSCC(=O)Nc2ccc(C)cc2O)c1. The monoisotopic (exact) mass is 301 g/mol. The normalized spacial score (nSPS) is 10.4. The number of nitrogens with one attached hydrogen (secondary N) is 1. The van der Waals surface area contributed by atoms with E-state index in [0.29, 0.717) is 11.4 Å². The van der Waals surface area contributed by atoms with Crippen molar-refractivity contribution in [3.05, 3.63) is 59.2 Å². The molecule has 2 aromatic rings. The van der Waals surface area contributed by atoms with Crippen LogP contribution in [0.15, 0.2) is 42.5 Å². The summed E-state index contributed by atoms with van der Waals surface area (Å²) in [4.78, 5) is 11.9. The first kappa shape index (κ1) is 15.4. The number of phenols is 1. The van der Waals surface area contributed by atoms with Crippen LogP contribution >= 0.6 is 11.8 Å². The van der Waals surface area contributed by atoms with Crippen LogP contribution in [0.4, 0.5) is 5.69 Å². The van der Waals surface area contributed by atoms with E-state index < -0.39 is 0 Å². The molecule has 0 bridgehead atoms. The lowest BCUT2D eigenvalue weighted by Gasteiger charge is -2.08. The molecule has 0 spiro atoms. The Labute approximate surface area is 129 Å². The summed E-state index contributed by atoms with van der Waals surface area (Å²) >= 11 is 1.56. The zero-order valence-electron chi connectivity index (χ0n) is 12.2. The maximum atomic E-state index is 11.9. The Morgan fingerprint density at radius 1 is 1.14 bits per heavy atom. The maximum Gasteiger partial charge on any atom is 0.234 e. The van der Waals surface area contributed by atoms with E-state index in [0.717, 1.165) is 11.3 Å². The molecule has 21 heavy (non-hydrogen) atoms. The van der Waals surface area contributed by atoms with Gasteiger partial charge in [-0.3, -0.25) is 4.79 Å². The van der Waals surface area contributed by atoms with Crippen LogP contribution in [0.5, 0.6) is 5.75 Å². The maximum absolute atomic E-state index is 11.9. The van der Waals surface area contributed by atoms with Gasteiger partial charge in [0.15, 0.2) is 0 Å². The minimum Gasteiger partial charge on any atom is -0.506 e. The number of anilines is 1. The Balaban J connectivity index is 1.82.